The van der Waals surface area contributed by atoms with Crippen molar-refractivity contribution in [1.29, 1.82) is 0 Å². The number of benzene rings is 1. The van der Waals surface area contributed by atoms with Gasteiger partial charge in [-0.3, -0.25) is 4.68 Å². The van der Waals surface area contributed by atoms with Crippen molar-refractivity contribution >= 4 is 11.6 Å². The highest BCUT2D eigenvalue weighted by Gasteiger charge is 2.08. The first-order valence-corrected chi connectivity index (χ1v) is 7.61. The second-order valence-corrected chi connectivity index (χ2v) is 5.36. The largest absolute Gasteiger partial charge is 0.492 e. The summed E-state index contributed by atoms with van der Waals surface area (Å²) in [7, 11) is 0. The van der Waals surface area contributed by atoms with E-state index >= 15 is 0 Å². The van der Waals surface area contributed by atoms with E-state index in [-0.39, 0.29) is 0 Å². The first-order valence-electron chi connectivity index (χ1n) is 7.23. The molecule has 0 saturated carbocycles. The van der Waals surface area contributed by atoms with Crippen LogP contribution in [0, 0.1) is 13.8 Å². The van der Waals surface area contributed by atoms with Gasteiger partial charge in [0.05, 0.1) is 23.0 Å². The van der Waals surface area contributed by atoms with E-state index in [0.29, 0.717) is 13.2 Å². The number of ether oxygens (including phenoxy) is 1. The highest BCUT2D eigenvalue weighted by Crippen LogP contribution is 2.19. The molecular weight excluding hydrogens is 286 g/mol. The Kier molecular flexibility index (Phi) is 5.65. The molecule has 0 radical (unpaired) electrons. The molecule has 0 aliphatic heterocycles. The molecule has 1 N–H and O–H groups in total. The summed E-state index contributed by atoms with van der Waals surface area (Å²) in [4.78, 5) is 0. The van der Waals surface area contributed by atoms with Crippen LogP contribution in [0.1, 0.15) is 23.9 Å². The molecule has 4 nitrogen and oxygen atoms in total. The highest BCUT2D eigenvalue weighted by molar-refractivity contribution is 6.31. The minimum atomic E-state index is 0.572. The zero-order valence-electron chi connectivity index (χ0n) is 12.8. The van der Waals surface area contributed by atoms with E-state index in [2.05, 4.69) is 29.5 Å². The third-order valence-corrected chi connectivity index (χ3v) is 3.89. The van der Waals surface area contributed by atoms with Crippen LogP contribution in [-0.2, 0) is 13.1 Å². The molecule has 0 fully saturated rings. The Morgan fingerprint density at radius 3 is 2.81 bits per heavy atom. The van der Waals surface area contributed by atoms with Crippen molar-refractivity contribution in [2.24, 2.45) is 0 Å². The molecule has 0 aliphatic carbocycles. The van der Waals surface area contributed by atoms with Gasteiger partial charge < -0.3 is 10.1 Å². The molecule has 21 heavy (non-hydrogen) atoms. The van der Waals surface area contributed by atoms with Crippen LogP contribution in [0.5, 0.6) is 5.75 Å². The number of hydrogen-bond donors (Lipinski definition) is 1. The Morgan fingerprint density at radius 2 is 2.14 bits per heavy atom. The molecule has 0 aliphatic rings. The fourth-order valence-corrected chi connectivity index (χ4v) is 2.29. The number of aryl methyl sites for hydroxylation is 1. The second kappa shape index (κ2) is 7.48. The Balaban J connectivity index is 1.89. The molecular formula is C16H22ClN3O. The van der Waals surface area contributed by atoms with E-state index in [1.54, 1.807) is 0 Å². The molecule has 1 heterocycles. The van der Waals surface area contributed by atoms with Crippen LogP contribution in [0.25, 0.3) is 0 Å². The summed E-state index contributed by atoms with van der Waals surface area (Å²) in [6, 6.07) is 8.15. The van der Waals surface area contributed by atoms with Crippen LogP contribution in [-0.4, -0.2) is 22.9 Å². The monoisotopic (exact) mass is 307 g/mol. The van der Waals surface area contributed by atoms with E-state index in [1.807, 2.05) is 30.7 Å². The van der Waals surface area contributed by atoms with Gasteiger partial charge in [0.15, 0.2) is 0 Å². The molecule has 0 bridgehead atoms. The molecule has 0 atom stereocenters. The molecule has 2 rings (SSSR count). The topological polar surface area (TPSA) is 39.1 Å². The van der Waals surface area contributed by atoms with Gasteiger partial charge in [0, 0.05) is 6.54 Å². The predicted molar refractivity (Wildman–Crippen MR) is 86.0 cm³/mol. The molecule has 0 amide bonds. The standard InChI is InChI=1S/C16H22ClN3O/c1-4-18-11-14-6-5-7-15(10-14)21-9-8-20-13(3)16(17)12(2)19-20/h5-7,10,18H,4,8-9,11H2,1-3H3. The van der Waals surface area contributed by atoms with E-state index in [1.165, 1.54) is 5.56 Å². The molecule has 0 spiro atoms. The van der Waals surface area contributed by atoms with Gasteiger partial charge in [-0.2, -0.15) is 5.10 Å². The van der Waals surface area contributed by atoms with Gasteiger partial charge in [-0.05, 0) is 38.1 Å². The maximum absolute atomic E-state index is 6.13. The Labute approximate surface area is 131 Å². The highest BCUT2D eigenvalue weighted by atomic mass is 35.5. The lowest BCUT2D eigenvalue weighted by Gasteiger charge is -2.09. The van der Waals surface area contributed by atoms with Gasteiger partial charge in [-0.1, -0.05) is 30.7 Å². The van der Waals surface area contributed by atoms with Crippen LogP contribution in [0.15, 0.2) is 24.3 Å². The van der Waals surface area contributed by atoms with Crippen molar-refractivity contribution < 1.29 is 4.74 Å². The van der Waals surface area contributed by atoms with Crippen molar-refractivity contribution in [2.75, 3.05) is 13.2 Å². The normalized spacial score (nSPS) is 10.9. The van der Waals surface area contributed by atoms with Gasteiger partial charge in [-0.25, -0.2) is 0 Å². The van der Waals surface area contributed by atoms with Crippen molar-refractivity contribution in [3.63, 3.8) is 0 Å². The smallest absolute Gasteiger partial charge is 0.119 e. The zero-order chi connectivity index (χ0) is 15.2. The lowest BCUT2D eigenvalue weighted by atomic mass is 10.2. The van der Waals surface area contributed by atoms with Crippen molar-refractivity contribution in [3.05, 3.63) is 46.2 Å². The van der Waals surface area contributed by atoms with Crippen molar-refractivity contribution in [1.82, 2.24) is 15.1 Å². The summed E-state index contributed by atoms with van der Waals surface area (Å²) in [5.74, 6) is 0.887. The summed E-state index contributed by atoms with van der Waals surface area (Å²) in [5.41, 5.74) is 3.07. The van der Waals surface area contributed by atoms with Crippen molar-refractivity contribution in [2.45, 2.75) is 33.9 Å². The number of aromatic nitrogens is 2. The van der Waals surface area contributed by atoms with Crippen LogP contribution in [0.2, 0.25) is 5.02 Å². The number of nitrogens with one attached hydrogen (secondary N) is 1. The SMILES string of the molecule is CCNCc1cccc(OCCn2nc(C)c(Cl)c2C)c1. The van der Waals surface area contributed by atoms with Crippen LogP contribution < -0.4 is 10.1 Å². The number of nitrogens with zero attached hydrogens (tertiary/aromatic N) is 2. The summed E-state index contributed by atoms with van der Waals surface area (Å²) in [6.07, 6.45) is 0. The third kappa shape index (κ3) is 4.22. The van der Waals surface area contributed by atoms with Crippen molar-refractivity contribution in [3.8, 4) is 5.75 Å². The third-order valence-electron chi connectivity index (χ3n) is 3.34. The fraction of sp³-hybridized carbons (Fsp3) is 0.438. The molecule has 5 heteroatoms. The molecule has 114 valence electrons. The van der Waals surface area contributed by atoms with Gasteiger partial charge in [0.2, 0.25) is 0 Å². The molecule has 2 aromatic rings. The van der Waals surface area contributed by atoms with E-state index in [0.717, 1.165) is 35.2 Å². The fourth-order valence-electron chi connectivity index (χ4n) is 2.16. The number of halogens is 1. The molecule has 0 unspecified atom stereocenters. The van der Waals surface area contributed by atoms with Crippen LogP contribution in [0.4, 0.5) is 0 Å². The maximum Gasteiger partial charge on any atom is 0.119 e. The second-order valence-electron chi connectivity index (χ2n) is 4.98. The van der Waals surface area contributed by atoms with Gasteiger partial charge >= 0.3 is 0 Å². The van der Waals surface area contributed by atoms with Gasteiger partial charge in [-0.15, -0.1) is 0 Å². The molecule has 0 saturated heterocycles. The first-order chi connectivity index (χ1) is 10.1. The molecule has 1 aromatic carbocycles. The number of rotatable bonds is 7. The average molecular weight is 308 g/mol. The lowest BCUT2D eigenvalue weighted by Crippen LogP contribution is -2.12. The predicted octanol–water partition coefficient (Wildman–Crippen LogP) is 3.34. The number of hydrogen-bond acceptors (Lipinski definition) is 3. The van der Waals surface area contributed by atoms with Crippen LogP contribution in [0.3, 0.4) is 0 Å². The summed E-state index contributed by atoms with van der Waals surface area (Å²) < 4.78 is 7.69. The average Bonchev–Trinajstić information content (AvgIpc) is 2.73. The quantitative estimate of drug-likeness (QED) is 0.852. The lowest BCUT2D eigenvalue weighted by molar-refractivity contribution is 0.289. The summed E-state index contributed by atoms with van der Waals surface area (Å²) in [5, 5.41) is 8.44. The molecule has 1 aromatic heterocycles. The van der Waals surface area contributed by atoms with Gasteiger partial charge in [0.1, 0.15) is 12.4 Å². The Hall–Kier alpha value is -1.52. The van der Waals surface area contributed by atoms with E-state index in [4.69, 9.17) is 16.3 Å². The maximum atomic E-state index is 6.13. The minimum Gasteiger partial charge on any atom is -0.492 e. The summed E-state index contributed by atoms with van der Waals surface area (Å²) >= 11 is 6.13. The Bertz CT molecular complexity index is 595. The Morgan fingerprint density at radius 1 is 1.33 bits per heavy atom. The zero-order valence-corrected chi connectivity index (χ0v) is 13.6. The van der Waals surface area contributed by atoms with E-state index in [9.17, 15) is 0 Å². The van der Waals surface area contributed by atoms with Gasteiger partial charge in [0.25, 0.3) is 0 Å². The van der Waals surface area contributed by atoms with Crippen LogP contribution >= 0.6 is 11.6 Å². The van der Waals surface area contributed by atoms with E-state index < -0.39 is 0 Å². The summed E-state index contributed by atoms with van der Waals surface area (Å²) in [6.45, 7) is 9.07. The minimum absolute atomic E-state index is 0.572. The first kappa shape index (κ1) is 15.9.